The molecule has 164 valence electrons. The number of carbonyl (C=O) groups is 2. The van der Waals surface area contributed by atoms with Crippen LogP contribution < -0.4 is 5.73 Å². The third-order valence-corrected chi connectivity index (χ3v) is 6.21. The molecule has 0 aliphatic carbocycles. The van der Waals surface area contributed by atoms with E-state index in [0.29, 0.717) is 30.6 Å². The van der Waals surface area contributed by atoms with Crippen LogP contribution in [0, 0.1) is 17.7 Å². The number of carbonyl (C=O) groups excluding carboxylic acids is 2. The summed E-state index contributed by atoms with van der Waals surface area (Å²) in [6, 6.07) is 15.0. The van der Waals surface area contributed by atoms with Crippen LogP contribution in [-0.2, 0) is 29.0 Å². The van der Waals surface area contributed by atoms with Gasteiger partial charge in [0.1, 0.15) is 5.82 Å². The average molecular weight is 439 g/mol. The summed E-state index contributed by atoms with van der Waals surface area (Å²) in [6.07, 6.45) is 0.633. The summed E-state index contributed by atoms with van der Waals surface area (Å²) in [7, 11) is 0. The van der Waals surface area contributed by atoms with Crippen LogP contribution in [0.3, 0.4) is 0 Å². The maximum atomic E-state index is 15.6. The zero-order valence-corrected chi connectivity index (χ0v) is 18.2. The van der Waals surface area contributed by atoms with Crippen molar-refractivity contribution in [2.75, 3.05) is 6.54 Å². The molecule has 0 radical (unpaired) electrons. The van der Waals surface area contributed by atoms with Gasteiger partial charge < -0.3 is 15.6 Å². The number of nitrogens with one attached hydrogen (secondary N) is 1. The van der Waals surface area contributed by atoms with Gasteiger partial charge in [-0.05, 0) is 53.7 Å². The third kappa shape index (κ3) is 3.62. The first-order valence-corrected chi connectivity index (χ1v) is 10.8. The number of para-hydroxylation sites is 1. The van der Waals surface area contributed by atoms with E-state index >= 15 is 4.39 Å². The molecule has 33 heavy (non-hydrogen) atoms. The lowest BCUT2D eigenvalue weighted by molar-refractivity contribution is -0.126. The van der Waals surface area contributed by atoms with Crippen molar-refractivity contribution in [1.29, 1.82) is 0 Å². The number of nitrogens with zero attached hydrogens (tertiary/aromatic N) is 1. The Labute approximate surface area is 190 Å². The fraction of sp³-hybridized carbons (Fsp3) is 0.185. The summed E-state index contributed by atoms with van der Waals surface area (Å²) < 4.78 is 15.6. The quantitative estimate of drug-likeness (QED) is 0.472. The van der Waals surface area contributed by atoms with Crippen molar-refractivity contribution >= 4 is 33.6 Å². The van der Waals surface area contributed by atoms with Gasteiger partial charge in [-0.3, -0.25) is 9.59 Å². The van der Waals surface area contributed by atoms with Crippen molar-refractivity contribution in [2.45, 2.75) is 26.3 Å². The predicted octanol–water partition coefficient (Wildman–Crippen LogP) is 4.06. The maximum Gasteiger partial charge on any atom is 0.298 e. The molecule has 0 saturated heterocycles. The van der Waals surface area contributed by atoms with E-state index in [2.05, 4.69) is 16.8 Å². The zero-order chi connectivity index (χ0) is 23.1. The zero-order valence-electron chi connectivity index (χ0n) is 18.2. The molecule has 1 aliphatic rings. The predicted molar refractivity (Wildman–Crippen MR) is 127 cm³/mol. The van der Waals surface area contributed by atoms with Crippen LogP contribution >= 0.6 is 0 Å². The smallest absolute Gasteiger partial charge is 0.298 e. The van der Waals surface area contributed by atoms with Crippen molar-refractivity contribution < 1.29 is 14.0 Å². The lowest BCUT2D eigenvalue weighted by Gasteiger charge is -2.27. The molecule has 4 aromatic rings. The summed E-state index contributed by atoms with van der Waals surface area (Å²) in [4.78, 5) is 28.9. The molecule has 0 spiro atoms. The molecule has 5 rings (SSSR count). The number of H-pyrrole nitrogens is 1. The topological polar surface area (TPSA) is 79.2 Å². The van der Waals surface area contributed by atoms with Crippen molar-refractivity contribution in [1.82, 2.24) is 9.88 Å². The second kappa shape index (κ2) is 8.10. The maximum absolute atomic E-state index is 15.6. The number of rotatable bonds is 3. The van der Waals surface area contributed by atoms with E-state index in [1.54, 1.807) is 11.8 Å². The van der Waals surface area contributed by atoms with Gasteiger partial charge in [0.2, 0.25) is 5.91 Å². The molecule has 1 aromatic heterocycles. The van der Waals surface area contributed by atoms with E-state index in [9.17, 15) is 9.59 Å². The van der Waals surface area contributed by atoms with Crippen LogP contribution in [0.2, 0.25) is 0 Å². The highest BCUT2D eigenvalue weighted by atomic mass is 19.1. The minimum atomic E-state index is -0.511. The van der Waals surface area contributed by atoms with Gasteiger partial charge in [-0.25, -0.2) is 4.39 Å². The highest BCUT2D eigenvalue weighted by Crippen LogP contribution is 2.39. The number of hydrogen-bond acceptors (Lipinski definition) is 2. The van der Waals surface area contributed by atoms with Crippen molar-refractivity contribution in [2.24, 2.45) is 5.73 Å². The Morgan fingerprint density at radius 1 is 1.15 bits per heavy atom. The first-order valence-electron chi connectivity index (χ1n) is 10.8. The molecular formula is C27H22FN3O2. The molecule has 0 atom stereocenters. The van der Waals surface area contributed by atoms with E-state index < -0.39 is 11.7 Å². The van der Waals surface area contributed by atoms with Crippen LogP contribution in [0.4, 0.5) is 4.39 Å². The van der Waals surface area contributed by atoms with Gasteiger partial charge in [0.25, 0.3) is 5.91 Å². The lowest BCUT2D eigenvalue weighted by atomic mass is 9.91. The molecule has 2 heterocycles. The molecule has 3 N–H and O–H groups in total. The van der Waals surface area contributed by atoms with Crippen molar-refractivity contribution in [3.8, 4) is 23.0 Å². The second-order valence-corrected chi connectivity index (χ2v) is 8.29. The number of nitrogens with two attached hydrogens (primary N) is 1. The largest absolute Gasteiger partial charge is 0.369 e. The lowest BCUT2D eigenvalue weighted by Crippen LogP contribution is -2.35. The Kier molecular flexibility index (Phi) is 5.10. The van der Waals surface area contributed by atoms with Gasteiger partial charge in [0, 0.05) is 34.9 Å². The second-order valence-electron chi connectivity index (χ2n) is 8.29. The van der Waals surface area contributed by atoms with E-state index in [1.165, 1.54) is 6.07 Å². The van der Waals surface area contributed by atoms with Crippen LogP contribution in [0.1, 0.15) is 23.6 Å². The monoisotopic (exact) mass is 439 g/mol. The highest BCUT2D eigenvalue weighted by molar-refractivity contribution is 6.15. The van der Waals surface area contributed by atoms with Crippen LogP contribution in [-0.4, -0.2) is 28.2 Å². The van der Waals surface area contributed by atoms with Crippen LogP contribution in [0.25, 0.3) is 32.9 Å². The summed E-state index contributed by atoms with van der Waals surface area (Å²) in [5.74, 6) is 4.17. The van der Waals surface area contributed by atoms with Gasteiger partial charge in [-0.2, -0.15) is 0 Å². The summed E-state index contributed by atoms with van der Waals surface area (Å²) >= 11 is 0. The van der Waals surface area contributed by atoms with Gasteiger partial charge in [-0.1, -0.05) is 42.3 Å². The minimum absolute atomic E-state index is 0.0464. The van der Waals surface area contributed by atoms with E-state index in [0.717, 1.165) is 38.5 Å². The Morgan fingerprint density at radius 2 is 1.97 bits per heavy atom. The molecule has 6 heteroatoms. The Balaban J connectivity index is 1.67. The fourth-order valence-corrected chi connectivity index (χ4v) is 4.74. The van der Waals surface area contributed by atoms with Gasteiger partial charge in [0.05, 0.1) is 11.9 Å². The Bertz CT molecular complexity index is 1510. The number of halogens is 1. The summed E-state index contributed by atoms with van der Waals surface area (Å²) in [5, 5.41) is 1.63. The van der Waals surface area contributed by atoms with Gasteiger partial charge >= 0.3 is 0 Å². The van der Waals surface area contributed by atoms with Crippen molar-refractivity contribution in [3.05, 3.63) is 71.0 Å². The minimum Gasteiger partial charge on any atom is -0.369 e. The molecular weight excluding hydrogens is 417 g/mol. The number of amides is 2. The summed E-state index contributed by atoms with van der Waals surface area (Å²) in [6.45, 7) is 2.72. The normalized spacial score (nSPS) is 13.0. The third-order valence-electron chi connectivity index (χ3n) is 6.21. The van der Waals surface area contributed by atoms with Gasteiger partial charge in [-0.15, -0.1) is 0 Å². The van der Waals surface area contributed by atoms with E-state index in [4.69, 9.17) is 5.73 Å². The molecule has 3 aromatic carbocycles. The van der Waals surface area contributed by atoms with Gasteiger partial charge in [0.15, 0.2) is 0 Å². The number of primary amides is 1. The number of aromatic amines is 1. The van der Waals surface area contributed by atoms with Crippen molar-refractivity contribution in [3.63, 3.8) is 0 Å². The first-order chi connectivity index (χ1) is 16.0. The molecule has 5 nitrogen and oxygen atoms in total. The fourth-order valence-electron chi connectivity index (χ4n) is 4.74. The number of benzene rings is 3. The first kappa shape index (κ1) is 20.8. The molecule has 0 saturated carbocycles. The highest BCUT2D eigenvalue weighted by Gasteiger charge is 2.23. The Hall–Kier alpha value is -4.11. The molecule has 0 fully saturated rings. The van der Waals surface area contributed by atoms with E-state index in [1.807, 2.05) is 42.5 Å². The summed E-state index contributed by atoms with van der Waals surface area (Å²) in [5.41, 5.74) is 10.9. The van der Waals surface area contributed by atoms with E-state index in [-0.39, 0.29) is 12.3 Å². The number of aromatic nitrogens is 1. The average Bonchev–Trinajstić information content (AvgIpc) is 3.18. The van der Waals surface area contributed by atoms with Crippen LogP contribution in [0.15, 0.2) is 48.5 Å². The molecule has 2 amide bonds. The number of hydrogen-bond donors (Lipinski definition) is 2. The molecule has 1 aliphatic heterocycles. The van der Waals surface area contributed by atoms with Crippen LogP contribution in [0.5, 0.6) is 0 Å². The Morgan fingerprint density at radius 3 is 2.76 bits per heavy atom. The standard InChI is InChI=1S/C27H22FN3O2/c1-2-5-24(33)31-11-10-16-12-17(8-9-18(16)15-31)25-21(28)13-19(14-23(29)32)27-26(25)20-6-3-4-7-22(20)30-27/h3-4,6-9,12-13,30H,10-11,14-15H2,1H3,(H2,29,32). The number of fused-ring (bicyclic) bond motifs is 4. The molecule has 0 bridgehead atoms. The SMILES string of the molecule is CC#CC(=O)N1CCc2cc(-c3c(F)cc(CC(N)=O)c4[nH]c5ccccc5c34)ccc2C1. The molecule has 0 unspecified atom stereocenters.